The summed E-state index contributed by atoms with van der Waals surface area (Å²) >= 11 is 0. The van der Waals surface area contributed by atoms with E-state index < -0.39 is 0 Å². The SMILES string of the molecule is CC12CC3CC(C)(C1)CC(C(N)C1=CCCCCC1)(C3)C2. The lowest BCUT2D eigenvalue weighted by Gasteiger charge is -2.67. The Labute approximate surface area is 130 Å². The van der Waals surface area contributed by atoms with Gasteiger partial charge in [0.05, 0.1) is 0 Å². The van der Waals surface area contributed by atoms with Gasteiger partial charge in [-0.15, -0.1) is 0 Å². The van der Waals surface area contributed by atoms with Crippen LogP contribution in [-0.2, 0) is 0 Å². The molecular weight excluding hydrogens is 254 g/mol. The molecule has 21 heavy (non-hydrogen) atoms. The molecule has 5 aliphatic carbocycles. The number of allylic oxidation sites excluding steroid dienone is 1. The average Bonchev–Trinajstić information content (AvgIpc) is 2.62. The fourth-order valence-corrected chi connectivity index (χ4v) is 7.60. The van der Waals surface area contributed by atoms with Crippen molar-refractivity contribution < 1.29 is 0 Å². The lowest BCUT2D eigenvalue weighted by Crippen LogP contribution is -2.61. The normalized spacial score (nSPS) is 50.6. The first-order chi connectivity index (χ1) is 9.92. The zero-order valence-electron chi connectivity index (χ0n) is 14.1. The highest BCUT2D eigenvalue weighted by Crippen LogP contribution is 2.70. The number of nitrogens with two attached hydrogens (primary N) is 1. The largest absolute Gasteiger partial charge is 0.324 e. The highest BCUT2D eigenvalue weighted by molar-refractivity contribution is 5.22. The third-order valence-electron chi connectivity index (χ3n) is 7.30. The van der Waals surface area contributed by atoms with Crippen molar-refractivity contribution in [3.8, 4) is 0 Å². The van der Waals surface area contributed by atoms with Gasteiger partial charge in [0.25, 0.3) is 0 Å². The molecule has 4 saturated carbocycles. The minimum atomic E-state index is 0.359. The van der Waals surface area contributed by atoms with Crippen molar-refractivity contribution in [1.29, 1.82) is 0 Å². The summed E-state index contributed by atoms with van der Waals surface area (Å²) in [7, 11) is 0. The maximum atomic E-state index is 6.97. The Balaban J connectivity index is 1.65. The molecule has 118 valence electrons. The highest BCUT2D eigenvalue weighted by Gasteiger charge is 2.61. The molecule has 0 aromatic heterocycles. The Morgan fingerprint density at radius 3 is 2.38 bits per heavy atom. The molecule has 5 rings (SSSR count). The Hall–Kier alpha value is -0.300. The summed E-state index contributed by atoms with van der Waals surface area (Å²) < 4.78 is 0. The van der Waals surface area contributed by atoms with Gasteiger partial charge in [0, 0.05) is 6.04 Å². The molecule has 3 atom stereocenters. The van der Waals surface area contributed by atoms with Gasteiger partial charge in [-0.2, -0.15) is 0 Å². The van der Waals surface area contributed by atoms with Crippen LogP contribution in [0.5, 0.6) is 0 Å². The third kappa shape index (κ3) is 2.31. The minimum absolute atomic E-state index is 0.359. The molecule has 5 aliphatic rings. The number of rotatable bonds is 2. The van der Waals surface area contributed by atoms with Crippen LogP contribution >= 0.6 is 0 Å². The molecule has 0 heterocycles. The van der Waals surface area contributed by atoms with Gasteiger partial charge in [0.15, 0.2) is 0 Å². The van der Waals surface area contributed by atoms with E-state index in [1.165, 1.54) is 70.6 Å². The number of hydrogen-bond acceptors (Lipinski definition) is 1. The van der Waals surface area contributed by atoms with Crippen LogP contribution < -0.4 is 5.73 Å². The van der Waals surface area contributed by atoms with Crippen LogP contribution in [0, 0.1) is 22.2 Å². The van der Waals surface area contributed by atoms with Gasteiger partial charge in [0.2, 0.25) is 0 Å². The van der Waals surface area contributed by atoms with E-state index in [4.69, 9.17) is 5.73 Å². The maximum absolute atomic E-state index is 6.97. The van der Waals surface area contributed by atoms with Gasteiger partial charge < -0.3 is 5.73 Å². The highest BCUT2D eigenvalue weighted by atomic mass is 14.8. The van der Waals surface area contributed by atoms with E-state index in [1.807, 2.05) is 0 Å². The summed E-state index contributed by atoms with van der Waals surface area (Å²) in [6, 6.07) is 0.359. The first-order valence-electron chi connectivity index (χ1n) is 9.37. The topological polar surface area (TPSA) is 26.0 Å². The smallest absolute Gasteiger partial charge is 0.0311 e. The van der Waals surface area contributed by atoms with Crippen molar-refractivity contribution in [3.63, 3.8) is 0 Å². The van der Waals surface area contributed by atoms with Crippen molar-refractivity contribution >= 4 is 0 Å². The molecule has 0 spiro atoms. The van der Waals surface area contributed by atoms with Gasteiger partial charge in [-0.3, -0.25) is 0 Å². The molecular formula is C20H33N. The maximum Gasteiger partial charge on any atom is 0.0311 e. The van der Waals surface area contributed by atoms with Crippen molar-refractivity contribution in [2.45, 2.75) is 90.5 Å². The summed E-state index contributed by atoms with van der Waals surface area (Å²) in [5.41, 5.74) is 10.2. The van der Waals surface area contributed by atoms with Gasteiger partial charge in [-0.25, -0.2) is 0 Å². The molecule has 0 amide bonds. The van der Waals surface area contributed by atoms with E-state index >= 15 is 0 Å². The monoisotopic (exact) mass is 287 g/mol. The van der Waals surface area contributed by atoms with Gasteiger partial charge in [0.1, 0.15) is 0 Å². The molecule has 0 aliphatic heterocycles. The van der Waals surface area contributed by atoms with Gasteiger partial charge >= 0.3 is 0 Å². The van der Waals surface area contributed by atoms with Crippen LogP contribution in [0.4, 0.5) is 0 Å². The van der Waals surface area contributed by atoms with Crippen LogP contribution in [-0.4, -0.2) is 6.04 Å². The van der Waals surface area contributed by atoms with E-state index in [0.717, 1.165) is 5.92 Å². The molecule has 0 saturated heterocycles. The van der Waals surface area contributed by atoms with Crippen molar-refractivity contribution in [3.05, 3.63) is 11.6 Å². The lowest BCUT2D eigenvalue weighted by atomic mass is 9.39. The van der Waals surface area contributed by atoms with Crippen LogP contribution in [0.25, 0.3) is 0 Å². The first kappa shape index (κ1) is 14.3. The summed E-state index contributed by atoms with van der Waals surface area (Å²) in [5.74, 6) is 0.966. The predicted molar refractivity (Wildman–Crippen MR) is 89.0 cm³/mol. The van der Waals surface area contributed by atoms with Crippen molar-refractivity contribution in [2.24, 2.45) is 27.9 Å². The van der Waals surface area contributed by atoms with Crippen LogP contribution in [0.3, 0.4) is 0 Å². The average molecular weight is 287 g/mol. The summed E-state index contributed by atoms with van der Waals surface area (Å²) in [4.78, 5) is 0. The fraction of sp³-hybridized carbons (Fsp3) is 0.900. The van der Waals surface area contributed by atoms with E-state index in [9.17, 15) is 0 Å². The van der Waals surface area contributed by atoms with Crippen molar-refractivity contribution in [1.82, 2.24) is 0 Å². The second-order valence-electron chi connectivity index (χ2n) is 9.85. The Morgan fingerprint density at radius 2 is 1.71 bits per heavy atom. The standard InChI is InChI=1S/C20H33N/c1-18-9-15-10-19(2,12-18)14-20(11-15,13-18)17(21)16-7-5-3-4-6-8-16/h7,15,17H,3-6,8-14,21H2,1-2H3. The fourth-order valence-electron chi connectivity index (χ4n) is 7.60. The summed E-state index contributed by atoms with van der Waals surface area (Å²) in [6.45, 7) is 5.14. The molecule has 3 unspecified atom stereocenters. The zero-order chi connectivity index (χ0) is 14.7. The van der Waals surface area contributed by atoms with E-state index in [2.05, 4.69) is 19.9 Å². The van der Waals surface area contributed by atoms with E-state index in [0.29, 0.717) is 22.3 Å². The molecule has 4 bridgehead atoms. The van der Waals surface area contributed by atoms with Crippen molar-refractivity contribution in [2.75, 3.05) is 0 Å². The zero-order valence-corrected chi connectivity index (χ0v) is 14.1. The molecule has 4 fully saturated rings. The molecule has 1 nitrogen and oxygen atoms in total. The Kier molecular flexibility index (Phi) is 3.13. The van der Waals surface area contributed by atoms with Gasteiger partial charge in [-0.1, -0.05) is 31.9 Å². The second kappa shape index (κ2) is 4.60. The van der Waals surface area contributed by atoms with E-state index in [-0.39, 0.29) is 0 Å². The molecule has 1 heteroatoms. The van der Waals surface area contributed by atoms with E-state index in [1.54, 1.807) is 5.57 Å². The Morgan fingerprint density at radius 1 is 1.00 bits per heavy atom. The van der Waals surface area contributed by atoms with Gasteiger partial charge in [-0.05, 0) is 86.4 Å². The quantitative estimate of drug-likeness (QED) is 0.694. The molecule has 2 N–H and O–H groups in total. The Bertz CT molecular complexity index is 444. The molecule has 0 aromatic carbocycles. The van der Waals surface area contributed by atoms with Crippen LogP contribution in [0.2, 0.25) is 0 Å². The summed E-state index contributed by atoms with van der Waals surface area (Å²) in [6.07, 6.45) is 17.9. The molecule has 0 radical (unpaired) electrons. The third-order valence-corrected chi connectivity index (χ3v) is 7.30. The predicted octanol–water partition coefficient (Wildman–Crippen LogP) is 5.20. The number of hydrogen-bond donors (Lipinski definition) is 1. The first-order valence-corrected chi connectivity index (χ1v) is 9.37. The van der Waals surface area contributed by atoms with Crippen LogP contribution in [0.15, 0.2) is 11.6 Å². The van der Waals surface area contributed by atoms with Crippen LogP contribution in [0.1, 0.15) is 84.5 Å². The lowest BCUT2D eigenvalue weighted by molar-refractivity contribution is -0.150. The second-order valence-corrected chi connectivity index (χ2v) is 9.85. The summed E-state index contributed by atoms with van der Waals surface area (Å²) in [5, 5.41) is 0. The molecule has 0 aromatic rings. The minimum Gasteiger partial charge on any atom is -0.324 e.